The van der Waals surface area contributed by atoms with Crippen molar-refractivity contribution in [2.24, 2.45) is 5.92 Å². The van der Waals surface area contributed by atoms with Crippen molar-refractivity contribution in [2.45, 2.75) is 45.2 Å². The molecule has 1 aliphatic rings. The minimum atomic E-state index is 0.207. The topological polar surface area (TPSA) is 48.7 Å². The highest BCUT2D eigenvalue weighted by atomic mass is 32.1. The predicted octanol–water partition coefficient (Wildman–Crippen LogP) is 2.49. The lowest BCUT2D eigenvalue weighted by molar-refractivity contribution is 0.466. The molecule has 0 aliphatic heterocycles. The van der Waals surface area contributed by atoms with Gasteiger partial charge in [-0.15, -0.1) is 11.3 Å². The fourth-order valence-electron chi connectivity index (χ4n) is 2.18. The Hall–Kier alpha value is -0.920. The average Bonchev–Trinajstić information content (AvgIpc) is 2.94. The van der Waals surface area contributed by atoms with Gasteiger partial charge in [0.25, 0.3) is 0 Å². The number of nitrogens with zero attached hydrogens (tertiary/aromatic N) is 2. The number of thiazole rings is 1. The molecule has 16 heavy (non-hydrogen) atoms. The first kappa shape index (κ1) is 11.6. The van der Waals surface area contributed by atoms with Crippen LogP contribution in [0.4, 0.5) is 0 Å². The van der Waals surface area contributed by atoms with Crippen LogP contribution in [-0.4, -0.2) is 11.0 Å². The number of aromatic nitrogens is 1. The zero-order chi connectivity index (χ0) is 11.4. The molecule has 2 unspecified atom stereocenters. The van der Waals surface area contributed by atoms with Crippen LogP contribution in [0.25, 0.3) is 0 Å². The second-order valence-corrected chi connectivity index (χ2v) is 5.43. The first-order valence-electron chi connectivity index (χ1n) is 5.90. The molecule has 86 valence electrons. The Labute approximate surface area is 101 Å². The molecular formula is C12H17N3S. The number of nitrogens with one attached hydrogen (secondary N) is 1. The van der Waals surface area contributed by atoms with Gasteiger partial charge in [0.05, 0.1) is 17.0 Å². The lowest BCUT2D eigenvalue weighted by atomic mass is 10.1. The molecule has 1 aliphatic carbocycles. The van der Waals surface area contributed by atoms with E-state index in [-0.39, 0.29) is 5.92 Å². The zero-order valence-corrected chi connectivity index (χ0v) is 10.4. The highest BCUT2D eigenvalue weighted by Crippen LogP contribution is 2.25. The van der Waals surface area contributed by atoms with E-state index in [4.69, 9.17) is 5.26 Å². The molecule has 1 saturated carbocycles. The normalized spacial score (nSPS) is 24.5. The molecule has 0 radical (unpaired) electrons. The van der Waals surface area contributed by atoms with Crippen molar-refractivity contribution in [3.63, 3.8) is 0 Å². The second kappa shape index (κ2) is 5.42. The van der Waals surface area contributed by atoms with Gasteiger partial charge in [-0.05, 0) is 19.3 Å². The molecule has 1 N–H and O–H groups in total. The van der Waals surface area contributed by atoms with Gasteiger partial charge in [-0.25, -0.2) is 4.98 Å². The fourth-order valence-corrected chi connectivity index (χ4v) is 3.00. The van der Waals surface area contributed by atoms with Crippen LogP contribution in [0.5, 0.6) is 0 Å². The molecule has 4 heteroatoms. The van der Waals surface area contributed by atoms with E-state index in [1.165, 1.54) is 16.3 Å². The van der Waals surface area contributed by atoms with Gasteiger partial charge >= 0.3 is 0 Å². The molecule has 2 rings (SSSR count). The van der Waals surface area contributed by atoms with Gasteiger partial charge in [0.1, 0.15) is 0 Å². The van der Waals surface area contributed by atoms with Crippen LogP contribution in [0.3, 0.4) is 0 Å². The first-order chi connectivity index (χ1) is 7.83. The van der Waals surface area contributed by atoms with Crippen molar-refractivity contribution in [2.75, 3.05) is 0 Å². The van der Waals surface area contributed by atoms with Gasteiger partial charge in [-0.2, -0.15) is 5.26 Å². The summed E-state index contributed by atoms with van der Waals surface area (Å²) in [7, 11) is 0. The van der Waals surface area contributed by atoms with Crippen molar-refractivity contribution < 1.29 is 0 Å². The van der Waals surface area contributed by atoms with Crippen molar-refractivity contribution in [3.05, 3.63) is 16.1 Å². The molecule has 1 aromatic rings. The van der Waals surface area contributed by atoms with Gasteiger partial charge in [0, 0.05) is 23.7 Å². The van der Waals surface area contributed by atoms with Crippen molar-refractivity contribution >= 4 is 11.3 Å². The Morgan fingerprint density at radius 2 is 2.50 bits per heavy atom. The monoisotopic (exact) mass is 235 g/mol. The van der Waals surface area contributed by atoms with Crippen LogP contribution in [0.2, 0.25) is 0 Å². The van der Waals surface area contributed by atoms with E-state index in [0.29, 0.717) is 6.04 Å². The number of hydrogen-bond acceptors (Lipinski definition) is 4. The minimum Gasteiger partial charge on any atom is -0.308 e. The Morgan fingerprint density at radius 1 is 1.62 bits per heavy atom. The highest BCUT2D eigenvalue weighted by Gasteiger charge is 2.26. The molecule has 0 spiro atoms. The molecule has 0 amide bonds. The summed E-state index contributed by atoms with van der Waals surface area (Å²) in [5.74, 6) is 0.207. The molecule has 0 saturated heterocycles. The maximum atomic E-state index is 8.98. The Bertz CT molecular complexity index is 380. The number of rotatable bonds is 4. The molecule has 1 aromatic heterocycles. The summed E-state index contributed by atoms with van der Waals surface area (Å²) in [6.07, 6.45) is 6.33. The largest absolute Gasteiger partial charge is 0.308 e. The van der Waals surface area contributed by atoms with Gasteiger partial charge in [-0.3, -0.25) is 0 Å². The smallest absolute Gasteiger partial charge is 0.0925 e. The van der Waals surface area contributed by atoms with Gasteiger partial charge in [0.15, 0.2) is 0 Å². The van der Waals surface area contributed by atoms with Gasteiger partial charge < -0.3 is 5.32 Å². The summed E-state index contributed by atoms with van der Waals surface area (Å²) in [5.41, 5.74) is 0. The van der Waals surface area contributed by atoms with Crippen LogP contribution >= 0.6 is 11.3 Å². The minimum absolute atomic E-state index is 0.207. The van der Waals surface area contributed by atoms with Crippen LogP contribution in [0, 0.1) is 17.2 Å². The maximum Gasteiger partial charge on any atom is 0.0925 e. The third-order valence-corrected chi connectivity index (χ3v) is 4.27. The summed E-state index contributed by atoms with van der Waals surface area (Å²) in [6, 6.07) is 2.78. The predicted molar refractivity (Wildman–Crippen MR) is 65.1 cm³/mol. The Morgan fingerprint density at radius 3 is 3.19 bits per heavy atom. The quantitative estimate of drug-likeness (QED) is 0.872. The zero-order valence-electron chi connectivity index (χ0n) is 9.57. The van der Waals surface area contributed by atoms with E-state index in [2.05, 4.69) is 23.3 Å². The molecule has 1 heterocycles. The molecular weight excluding hydrogens is 218 g/mol. The van der Waals surface area contributed by atoms with Crippen molar-refractivity contribution in [1.82, 2.24) is 10.3 Å². The standard InChI is InChI=1S/C12H17N3S/c1-2-12-15-8-10(16-12)7-14-11-5-3-4-9(11)6-13/h8-9,11,14H,2-5,7H2,1H3. The fraction of sp³-hybridized carbons (Fsp3) is 0.667. The van der Waals surface area contributed by atoms with E-state index in [1.807, 2.05) is 6.20 Å². The van der Waals surface area contributed by atoms with E-state index >= 15 is 0 Å². The number of aryl methyl sites for hydroxylation is 1. The summed E-state index contributed by atoms with van der Waals surface area (Å²) < 4.78 is 0. The van der Waals surface area contributed by atoms with Crippen LogP contribution in [0.1, 0.15) is 36.1 Å². The van der Waals surface area contributed by atoms with Crippen molar-refractivity contribution in [3.8, 4) is 6.07 Å². The maximum absolute atomic E-state index is 8.98. The molecule has 0 aromatic carbocycles. The van der Waals surface area contributed by atoms with Gasteiger partial charge in [-0.1, -0.05) is 13.3 Å². The highest BCUT2D eigenvalue weighted by molar-refractivity contribution is 7.11. The summed E-state index contributed by atoms with van der Waals surface area (Å²) >= 11 is 1.77. The molecule has 2 atom stereocenters. The van der Waals surface area contributed by atoms with E-state index < -0.39 is 0 Å². The third-order valence-electron chi connectivity index (χ3n) is 3.12. The van der Waals surface area contributed by atoms with Gasteiger partial charge in [0.2, 0.25) is 0 Å². The molecule has 0 bridgehead atoms. The summed E-state index contributed by atoms with van der Waals surface area (Å²) in [5, 5.41) is 13.7. The van der Waals surface area contributed by atoms with Crippen LogP contribution in [0.15, 0.2) is 6.20 Å². The third kappa shape index (κ3) is 2.60. The van der Waals surface area contributed by atoms with Crippen LogP contribution < -0.4 is 5.32 Å². The van der Waals surface area contributed by atoms with Crippen molar-refractivity contribution in [1.29, 1.82) is 5.26 Å². The summed E-state index contributed by atoms with van der Waals surface area (Å²) in [4.78, 5) is 5.61. The Balaban J connectivity index is 1.85. The first-order valence-corrected chi connectivity index (χ1v) is 6.71. The number of nitriles is 1. The lowest BCUT2D eigenvalue weighted by Crippen LogP contribution is -2.30. The molecule has 3 nitrogen and oxygen atoms in total. The summed E-state index contributed by atoms with van der Waals surface area (Å²) in [6.45, 7) is 2.99. The van der Waals surface area contributed by atoms with E-state index in [0.717, 1.165) is 25.8 Å². The Kier molecular flexibility index (Phi) is 3.92. The second-order valence-electron chi connectivity index (χ2n) is 4.23. The van der Waals surface area contributed by atoms with E-state index in [9.17, 15) is 0 Å². The van der Waals surface area contributed by atoms with E-state index in [1.54, 1.807) is 11.3 Å². The average molecular weight is 235 g/mol. The lowest BCUT2D eigenvalue weighted by Gasteiger charge is -2.14. The SMILES string of the molecule is CCc1ncc(CNC2CCCC2C#N)s1. The number of hydrogen-bond donors (Lipinski definition) is 1. The molecule has 1 fully saturated rings. The van der Waals surface area contributed by atoms with Crippen LogP contribution in [-0.2, 0) is 13.0 Å².